The summed E-state index contributed by atoms with van der Waals surface area (Å²) in [6, 6.07) is 4.27. The van der Waals surface area contributed by atoms with E-state index in [0.29, 0.717) is 0 Å². The van der Waals surface area contributed by atoms with Crippen molar-refractivity contribution in [2.24, 2.45) is 16.8 Å². The fourth-order valence-electron chi connectivity index (χ4n) is 1.69. The van der Waals surface area contributed by atoms with Gasteiger partial charge in [-0.15, -0.1) is 0 Å². The Morgan fingerprint density at radius 1 is 1.60 bits per heavy atom. The minimum Gasteiger partial charge on any atom is -0.409 e. The summed E-state index contributed by atoms with van der Waals surface area (Å²) in [4.78, 5) is 13.4. The van der Waals surface area contributed by atoms with Gasteiger partial charge in [-0.25, -0.2) is 4.39 Å². The first-order chi connectivity index (χ1) is 9.36. The SMILES string of the molecule is CC(CN(C)C(=O)Cc1c(F)cccc1Cl)C(N)=NO. The molecular formula is C13H17ClFN3O2. The second-order valence-corrected chi connectivity index (χ2v) is 4.98. The predicted octanol–water partition coefficient (Wildman–Crippen LogP) is 1.86. The zero-order chi connectivity index (χ0) is 15.3. The summed E-state index contributed by atoms with van der Waals surface area (Å²) in [5.74, 6) is -1.07. The normalized spacial score (nSPS) is 13.1. The van der Waals surface area contributed by atoms with Crippen LogP contribution in [0.4, 0.5) is 4.39 Å². The molecule has 1 aromatic rings. The Bertz CT molecular complexity index is 502. The van der Waals surface area contributed by atoms with Crippen LogP contribution in [0.25, 0.3) is 0 Å². The average molecular weight is 302 g/mol. The maximum atomic E-state index is 13.6. The predicted molar refractivity (Wildman–Crippen MR) is 75.3 cm³/mol. The first-order valence-electron chi connectivity index (χ1n) is 6.01. The lowest BCUT2D eigenvalue weighted by Crippen LogP contribution is -2.37. The van der Waals surface area contributed by atoms with Crippen molar-refractivity contribution in [2.45, 2.75) is 13.3 Å². The lowest BCUT2D eigenvalue weighted by atomic mass is 10.1. The Kier molecular flexibility index (Phi) is 5.76. The van der Waals surface area contributed by atoms with Crippen LogP contribution in [0.3, 0.4) is 0 Å². The first-order valence-corrected chi connectivity index (χ1v) is 6.38. The molecule has 3 N–H and O–H groups in total. The first kappa shape index (κ1) is 16.2. The Balaban J connectivity index is 2.72. The van der Waals surface area contributed by atoms with Gasteiger partial charge in [0.1, 0.15) is 11.7 Å². The molecule has 1 rings (SSSR count). The molecule has 0 bridgehead atoms. The molecule has 0 aliphatic heterocycles. The molecule has 1 atom stereocenters. The molecule has 20 heavy (non-hydrogen) atoms. The highest BCUT2D eigenvalue weighted by Crippen LogP contribution is 2.20. The third kappa shape index (κ3) is 4.09. The molecule has 0 saturated heterocycles. The van der Waals surface area contributed by atoms with Crippen LogP contribution >= 0.6 is 11.6 Å². The van der Waals surface area contributed by atoms with Crippen LogP contribution in [0, 0.1) is 11.7 Å². The number of nitrogens with two attached hydrogens (primary N) is 1. The number of halogens is 2. The van der Waals surface area contributed by atoms with Gasteiger partial charge in [0.2, 0.25) is 5.91 Å². The number of hydrogen-bond donors (Lipinski definition) is 2. The second-order valence-electron chi connectivity index (χ2n) is 4.58. The molecule has 110 valence electrons. The number of oxime groups is 1. The molecule has 7 heteroatoms. The molecule has 1 aromatic carbocycles. The molecule has 0 spiro atoms. The van der Waals surface area contributed by atoms with Gasteiger partial charge in [-0.2, -0.15) is 0 Å². The van der Waals surface area contributed by atoms with Crippen LogP contribution in [0.5, 0.6) is 0 Å². The van der Waals surface area contributed by atoms with Gasteiger partial charge in [0.25, 0.3) is 0 Å². The standard InChI is InChI=1S/C13H17ClFN3O2/c1-8(13(16)17-20)7-18(2)12(19)6-9-10(14)4-3-5-11(9)15/h3-5,8,20H,6-7H2,1-2H3,(H2,16,17). The monoisotopic (exact) mass is 301 g/mol. The van der Waals surface area contributed by atoms with Crippen LogP contribution in [0.2, 0.25) is 5.02 Å². The van der Waals surface area contributed by atoms with Crippen molar-refractivity contribution in [1.29, 1.82) is 0 Å². The molecular weight excluding hydrogens is 285 g/mol. The minimum absolute atomic E-state index is 0.0357. The molecule has 5 nitrogen and oxygen atoms in total. The van der Waals surface area contributed by atoms with E-state index in [2.05, 4.69) is 5.16 Å². The lowest BCUT2D eigenvalue weighted by Gasteiger charge is -2.21. The van der Waals surface area contributed by atoms with Gasteiger partial charge in [0.05, 0.1) is 6.42 Å². The number of carbonyl (C=O) groups is 1. The molecule has 0 fully saturated rings. The number of rotatable bonds is 5. The fraction of sp³-hybridized carbons (Fsp3) is 0.385. The van der Waals surface area contributed by atoms with Crippen molar-refractivity contribution in [3.63, 3.8) is 0 Å². The second kappa shape index (κ2) is 7.09. The zero-order valence-electron chi connectivity index (χ0n) is 11.3. The molecule has 0 aliphatic rings. The summed E-state index contributed by atoms with van der Waals surface area (Å²) in [5, 5.41) is 11.7. The van der Waals surface area contributed by atoms with Crippen LogP contribution in [-0.2, 0) is 11.2 Å². The summed E-state index contributed by atoms with van der Waals surface area (Å²) in [5.41, 5.74) is 5.62. The quantitative estimate of drug-likeness (QED) is 0.377. The Morgan fingerprint density at radius 3 is 2.80 bits per heavy atom. The van der Waals surface area contributed by atoms with E-state index in [1.807, 2.05) is 0 Å². The Morgan fingerprint density at radius 2 is 2.25 bits per heavy atom. The van der Waals surface area contributed by atoms with Gasteiger partial charge in [0, 0.05) is 30.1 Å². The highest BCUT2D eigenvalue weighted by atomic mass is 35.5. The van der Waals surface area contributed by atoms with E-state index in [1.165, 1.54) is 23.1 Å². The lowest BCUT2D eigenvalue weighted by molar-refractivity contribution is -0.129. The maximum absolute atomic E-state index is 13.6. The topological polar surface area (TPSA) is 78.9 Å². The number of nitrogens with zero attached hydrogens (tertiary/aromatic N) is 2. The van der Waals surface area contributed by atoms with Gasteiger partial charge in [-0.05, 0) is 12.1 Å². The fourth-order valence-corrected chi connectivity index (χ4v) is 1.92. The van der Waals surface area contributed by atoms with Gasteiger partial charge >= 0.3 is 0 Å². The smallest absolute Gasteiger partial charge is 0.226 e. The number of amidine groups is 1. The van der Waals surface area contributed by atoms with Crippen LogP contribution < -0.4 is 5.73 Å². The average Bonchev–Trinajstić information content (AvgIpc) is 2.41. The molecule has 1 amide bonds. The van der Waals surface area contributed by atoms with Crippen LogP contribution in [-0.4, -0.2) is 35.4 Å². The van der Waals surface area contributed by atoms with Gasteiger partial charge in [-0.1, -0.05) is 29.7 Å². The van der Waals surface area contributed by atoms with Gasteiger partial charge in [-0.3, -0.25) is 4.79 Å². The Labute approximate surface area is 121 Å². The van der Waals surface area contributed by atoms with E-state index in [4.69, 9.17) is 22.5 Å². The van der Waals surface area contributed by atoms with Crippen molar-refractivity contribution >= 4 is 23.3 Å². The van der Waals surface area contributed by atoms with Crippen LogP contribution in [0.1, 0.15) is 12.5 Å². The van der Waals surface area contributed by atoms with Crippen LogP contribution in [0.15, 0.2) is 23.4 Å². The maximum Gasteiger partial charge on any atom is 0.226 e. The Hall–Kier alpha value is -1.82. The largest absolute Gasteiger partial charge is 0.409 e. The van der Waals surface area contributed by atoms with E-state index < -0.39 is 5.82 Å². The van der Waals surface area contributed by atoms with E-state index in [9.17, 15) is 9.18 Å². The van der Waals surface area contributed by atoms with Gasteiger partial charge < -0.3 is 15.8 Å². The highest BCUT2D eigenvalue weighted by Gasteiger charge is 2.18. The third-order valence-electron chi connectivity index (χ3n) is 2.98. The number of likely N-dealkylation sites (N-methyl/N-ethyl adjacent to an activating group) is 1. The summed E-state index contributed by atoms with van der Waals surface area (Å²) < 4.78 is 13.6. The highest BCUT2D eigenvalue weighted by molar-refractivity contribution is 6.31. The van der Waals surface area contributed by atoms with Crippen molar-refractivity contribution in [3.05, 3.63) is 34.6 Å². The number of benzene rings is 1. The molecule has 0 aliphatic carbocycles. The summed E-state index contributed by atoms with van der Waals surface area (Å²) in [6.45, 7) is 1.98. The van der Waals surface area contributed by atoms with E-state index in [-0.39, 0.29) is 41.2 Å². The number of carbonyl (C=O) groups excluding carboxylic acids is 1. The van der Waals surface area contributed by atoms with Crippen molar-refractivity contribution in [2.75, 3.05) is 13.6 Å². The van der Waals surface area contributed by atoms with Crippen molar-refractivity contribution < 1.29 is 14.4 Å². The van der Waals surface area contributed by atoms with Crippen molar-refractivity contribution in [1.82, 2.24) is 4.90 Å². The third-order valence-corrected chi connectivity index (χ3v) is 3.34. The summed E-state index contributed by atoms with van der Waals surface area (Å²) in [7, 11) is 1.57. The summed E-state index contributed by atoms with van der Waals surface area (Å²) in [6.07, 6.45) is -0.134. The number of amides is 1. The van der Waals surface area contributed by atoms with Crippen molar-refractivity contribution in [3.8, 4) is 0 Å². The zero-order valence-corrected chi connectivity index (χ0v) is 12.1. The molecule has 0 heterocycles. The molecule has 1 unspecified atom stereocenters. The number of hydrogen-bond acceptors (Lipinski definition) is 3. The molecule has 0 radical (unpaired) electrons. The molecule has 0 saturated carbocycles. The summed E-state index contributed by atoms with van der Waals surface area (Å²) >= 11 is 5.87. The molecule has 0 aromatic heterocycles. The van der Waals surface area contributed by atoms with E-state index in [0.717, 1.165) is 0 Å². The van der Waals surface area contributed by atoms with E-state index >= 15 is 0 Å². The van der Waals surface area contributed by atoms with E-state index in [1.54, 1.807) is 14.0 Å². The minimum atomic E-state index is -0.510. The van der Waals surface area contributed by atoms with Gasteiger partial charge in [0.15, 0.2) is 0 Å².